The minimum absolute atomic E-state index is 0.122. The molecule has 0 aromatic carbocycles. The van der Waals surface area contributed by atoms with Gasteiger partial charge in [-0.15, -0.1) is 11.3 Å². The van der Waals surface area contributed by atoms with Gasteiger partial charge in [-0.2, -0.15) is 0 Å². The molecule has 0 spiro atoms. The van der Waals surface area contributed by atoms with E-state index in [9.17, 15) is 0 Å². The van der Waals surface area contributed by atoms with Crippen LogP contribution in [0.5, 0.6) is 0 Å². The molecule has 0 fully saturated rings. The van der Waals surface area contributed by atoms with E-state index in [-0.39, 0.29) is 5.60 Å². The van der Waals surface area contributed by atoms with Crippen molar-refractivity contribution in [3.05, 3.63) is 15.6 Å². The van der Waals surface area contributed by atoms with Gasteiger partial charge in [-0.1, -0.05) is 13.8 Å². The van der Waals surface area contributed by atoms with Crippen molar-refractivity contribution in [2.24, 2.45) is 0 Å². The van der Waals surface area contributed by atoms with Crippen molar-refractivity contribution in [3.63, 3.8) is 0 Å². The Hall–Kier alpha value is -0.450. The Morgan fingerprint density at radius 1 is 1.37 bits per heavy atom. The molecule has 19 heavy (non-hydrogen) atoms. The normalized spacial score (nSPS) is 16.9. The van der Waals surface area contributed by atoms with Crippen LogP contribution in [0.3, 0.4) is 0 Å². The van der Waals surface area contributed by atoms with Gasteiger partial charge in [-0.25, -0.2) is 4.98 Å². The summed E-state index contributed by atoms with van der Waals surface area (Å²) in [5.74, 6) is 0. The maximum absolute atomic E-state index is 5.59. The van der Waals surface area contributed by atoms with Crippen LogP contribution in [-0.4, -0.2) is 23.7 Å². The Bertz CT molecular complexity index is 404. The molecule has 1 aliphatic carbocycles. The third kappa shape index (κ3) is 3.77. The minimum atomic E-state index is -0.122. The average molecular weight is 282 g/mol. The predicted molar refractivity (Wildman–Crippen MR) is 80.9 cm³/mol. The molecule has 4 heteroatoms. The monoisotopic (exact) mass is 282 g/mol. The van der Waals surface area contributed by atoms with Gasteiger partial charge in [0.05, 0.1) is 17.3 Å². The van der Waals surface area contributed by atoms with Crippen LogP contribution in [0, 0.1) is 0 Å². The first-order valence-electron chi connectivity index (χ1n) is 7.21. The molecule has 108 valence electrons. The molecule has 3 nitrogen and oxygen atoms in total. The molecule has 0 radical (unpaired) electrons. The zero-order valence-corrected chi connectivity index (χ0v) is 13.6. The SMILES string of the molecule is COC(C)(C)CC(NC(C)C)c1nc2c(s1)CCC2. The lowest BCUT2D eigenvalue weighted by Gasteiger charge is -2.29. The summed E-state index contributed by atoms with van der Waals surface area (Å²) in [5.41, 5.74) is 1.22. The molecule has 0 amide bonds. The van der Waals surface area contributed by atoms with E-state index in [0.717, 1.165) is 12.8 Å². The molecule has 1 heterocycles. The topological polar surface area (TPSA) is 34.1 Å². The van der Waals surface area contributed by atoms with Gasteiger partial charge in [0.15, 0.2) is 0 Å². The summed E-state index contributed by atoms with van der Waals surface area (Å²) in [6, 6.07) is 0.752. The Labute approximate surface area is 120 Å². The quantitative estimate of drug-likeness (QED) is 0.867. The number of fused-ring (bicyclic) bond motifs is 1. The Balaban J connectivity index is 2.16. The summed E-state index contributed by atoms with van der Waals surface area (Å²) >= 11 is 1.89. The van der Waals surface area contributed by atoms with Crippen molar-refractivity contribution in [2.45, 2.75) is 71.1 Å². The van der Waals surface area contributed by atoms with E-state index in [0.29, 0.717) is 12.1 Å². The Kier molecular flexibility index (Phi) is 4.64. The summed E-state index contributed by atoms with van der Waals surface area (Å²) in [6.07, 6.45) is 4.61. The van der Waals surface area contributed by atoms with Crippen LogP contribution < -0.4 is 5.32 Å². The molecule has 0 saturated carbocycles. The maximum atomic E-state index is 5.59. The second-order valence-corrected chi connectivity index (χ2v) is 7.43. The minimum Gasteiger partial charge on any atom is -0.379 e. The zero-order valence-electron chi connectivity index (χ0n) is 12.7. The van der Waals surface area contributed by atoms with E-state index < -0.39 is 0 Å². The van der Waals surface area contributed by atoms with Crippen molar-refractivity contribution in [2.75, 3.05) is 7.11 Å². The number of thiazole rings is 1. The van der Waals surface area contributed by atoms with E-state index in [1.54, 1.807) is 7.11 Å². The lowest BCUT2D eigenvalue weighted by molar-refractivity contribution is 0.00614. The zero-order chi connectivity index (χ0) is 14.0. The molecule has 1 aromatic heterocycles. The average Bonchev–Trinajstić information content (AvgIpc) is 2.87. The second kappa shape index (κ2) is 5.90. The number of hydrogen-bond donors (Lipinski definition) is 1. The number of rotatable bonds is 6. The van der Waals surface area contributed by atoms with Gasteiger partial charge in [0.1, 0.15) is 5.01 Å². The fraction of sp³-hybridized carbons (Fsp3) is 0.800. The smallest absolute Gasteiger partial charge is 0.110 e. The van der Waals surface area contributed by atoms with E-state index >= 15 is 0 Å². The van der Waals surface area contributed by atoms with E-state index in [2.05, 4.69) is 33.0 Å². The van der Waals surface area contributed by atoms with Crippen LogP contribution in [0.1, 0.15) is 62.2 Å². The van der Waals surface area contributed by atoms with Crippen molar-refractivity contribution < 1.29 is 4.74 Å². The number of hydrogen-bond acceptors (Lipinski definition) is 4. The van der Waals surface area contributed by atoms with Crippen molar-refractivity contribution in [1.82, 2.24) is 10.3 Å². The highest BCUT2D eigenvalue weighted by atomic mass is 32.1. The summed E-state index contributed by atoms with van der Waals surface area (Å²) in [7, 11) is 1.79. The first kappa shape index (κ1) is 14.9. The highest BCUT2D eigenvalue weighted by Crippen LogP contribution is 2.34. The molecule has 1 aliphatic rings. The number of aryl methyl sites for hydroxylation is 2. The fourth-order valence-corrected chi connectivity index (χ4v) is 3.77. The fourth-order valence-electron chi connectivity index (χ4n) is 2.55. The van der Waals surface area contributed by atoms with Crippen molar-refractivity contribution in [1.29, 1.82) is 0 Å². The first-order chi connectivity index (χ1) is 8.91. The highest BCUT2D eigenvalue weighted by Gasteiger charge is 2.28. The number of ether oxygens (including phenoxy) is 1. The van der Waals surface area contributed by atoms with Gasteiger partial charge >= 0.3 is 0 Å². The number of nitrogens with one attached hydrogen (secondary N) is 1. The van der Waals surface area contributed by atoms with Crippen LogP contribution in [0.25, 0.3) is 0 Å². The van der Waals surface area contributed by atoms with Gasteiger partial charge < -0.3 is 10.1 Å². The van der Waals surface area contributed by atoms with Crippen LogP contribution >= 0.6 is 11.3 Å². The second-order valence-electron chi connectivity index (χ2n) is 6.32. The van der Waals surface area contributed by atoms with E-state index in [4.69, 9.17) is 9.72 Å². The third-order valence-electron chi connectivity index (χ3n) is 3.69. The molecular formula is C15H26N2OS. The maximum Gasteiger partial charge on any atom is 0.110 e. The molecule has 0 saturated heterocycles. The number of nitrogens with zero attached hydrogens (tertiary/aromatic N) is 1. The van der Waals surface area contributed by atoms with Crippen LogP contribution in [0.15, 0.2) is 0 Å². The lowest BCUT2D eigenvalue weighted by atomic mass is 9.98. The summed E-state index contributed by atoms with van der Waals surface area (Å²) in [4.78, 5) is 6.36. The molecule has 1 unspecified atom stereocenters. The Morgan fingerprint density at radius 3 is 2.68 bits per heavy atom. The first-order valence-corrected chi connectivity index (χ1v) is 8.02. The summed E-state index contributed by atoms with van der Waals surface area (Å²) < 4.78 is 5.59. The summed E-state index contributed by atoms with van der Waals surface area (Å²) in [6.45, 7) is 8.66. The highest BCUT2D eigenvalue weighted by molar-refractivity contribution is 7.11. The predicted octanol–water partition coefficient (Wildman–Crippen LogP) is 3.49. The van der Waals surface area contributed by atoms with E-state index in [1.165, 1.54) is 28.4 Å². The van der Waals surface area contributed by atoms with Crippen molar-refractivity contribution >= 4 is 11.3 Å². The molecule has 0 aliphatic heterocycles. The van der Waals surface area contributed by atoms with Gasteiger partial charge in [0.25, 0.3) is 0 Å². The molecule has 1 aromatic rings. The van der Waals surface area contributed by atoms with Crippen LogP contribution in [-0.2, 0) is 17.6 Å². The van der Waals surface area contributed by atoms with Crippen LogP contribution in [0.4, 0.5) is 0 Å². The molecular weight excluding hydrogens is 256 g/mol. The number of methoxy groups -OCH3 is 1. The molecule has 1 N–H and O–H groups in total. The van der Waals surface area contributed by atoms with Gasteiger partial charge in [-0.3, -0.25) is 0 Å². The standard InChI is InChI=1S/C15H26N2OS/c1-10(2)16-12(9-15(3,4)18-5)14-17-11-7-6-8-13(11)19-14/h10,12,16H,6-9H2,1-5H3. The molecule has 0 bridgehead atoms. The van der Waals surface area contributed by atoms with Crippen molar-refractivity contribution in [3.8, 4) is 0 Å². The Morgan fingerprint density at radius 2 is 2.11 bits per heavy atom. The molecule has 2 rings (SSSR count). The summed E-state index contributed by atoms with van der Waals surface area (Å²) in [5, 5.41) is 4.88. The number of aromatic nitrogens is 1. The third-order valence-corrected chi connectivity index (χ3v) is 4.96. The van der Waals surface area contributed by atoms with Gasteiger partial charge in [0, 0.05) is 18.0 Å². The lowest BCUT2D eigenvalue weighted by Crippen LogP contribution is -2.35. The van der Waals surface area contributed by atoms with Gasteiger partial charge in [0.2, 0.25) is 0 Å². The van der Waals surface area contributed by atoms with E-state index in [1.807, 2.05) is 11.3 Å². The van der Waals surface area contributed by atoms with Crippen LogP contribution in [0.2, 0.25) is 0 Å². The largest absolute Gasteiger partial charge is 0.379 e. The molecule has 1 atom stereocenters. The van der Waals surface area contributed by atoms with Gasteiger partial charge in [-0.05, 0) is 39.5 Å².